The topological polar surface area (TPSA) is 29.5 Å². The van der Waals surface area contributed by atoms with Crippen LogP contribution >= 0.6 is 11.3 Å². The Kier molecular flexibility index (Phi) is 8.58. The molecule has 0 aliphatic heterocycles. The van der Waals surface area contributed by atoms with Gasteiger partial charge in [0.05, 0.1) is 21.5 Å². The highest BCUT2D eigenvalue weighted by atomic mass is 32.1. The Bertz CT molecular complexity index is 4490. The van der Waals surface area contributed by atoms with Gasteiger partial charge in [-0.15, -0.1) is 11.3 Å². The van der Waals surface area contributed by atoms with Crippen molar-refractivity contribution in [2.45, 2.75) is 19.3 Å². The smallest absolute Gasteiger partial charge is 0.145 e. The zero-order chi connectivity index (χ0) is 47.0. The summed E-state index contributed by atoms with van der Waals surface area (Å²) in [5, 5.41) is 8.98. The van der Waals surface area contributed by atoms with E-state index in [4.69, 9.17) is 8.83 Å². The molecule has 4 heteroatoms. The van der Waals surface area contributed by atoms with Gasteiger partial charge < -0.3 is 13.7 Å². The Morgan fingerprint density at radius 3 is 1.87 bits per heavy atom. The van der Waals surface area contributed by atoms with E-state index in [-0.39, 0.29) is 5.41 Å². The van der Waals surface area contributed by atoms with Gasteiger partial charge in [0.1, 0.15) is 22.3 Å². The molecule has 0 amide bonds. The molecule has 3 nitrogen and oxygen atoms in total. The fraction of sp³-hybridized carbons (Fsp3) is 0.0448. The molecular formula is C67H43NO2S. The monoisotopic (exact) mass is 925 g/mol. The second-order valence-corrected chi connectivity index (χ2v) is 20.5. The molecule has 0 bridgehead atoms. The minimum absolute atomic E-state index is 0.163. The fourth-order valence-electron chi connectivity index (χ4n) is 11.9. The number of anilines is 3. The number of para-hydroxylation sites is 2. The normalized spacial score (nSPS) is 13.0. The summed E-state index contributed by atoms with van der Waals surface area (Å²) >= 11 is 1.85. The minimum atomic E-state index is -0.163. The Morgan fingerprint density at radius 2 is 1.00 bits per heavy atom. The highest BCUT2D eigenvalue weighted by Crippen LogP contribution is 2.54. The molecular weight excluding hydrogens is 883 g/mol. The first kappa shape index (κ1) is 40.2. The van der Waals surface area contributed by atoms with E-state index in [9.17, 15) is 0 Å². The summed E-state index contributed by atoms with van der Waals surface area (Å²) < 4.78 is 16.8. The molecule has 0 radical (unpaired) electrons. The lowest BCUT2D eigenvalue weighted by Gasteiger charge is -2.27. The van der Waals surface area contributed by atoms with E-state index in [2.05, 4.69) is 237 Å². The molecule has 71 heavy (non-hydrogen) atoms. The molecule has 0 N–H and O–H groups in total. The average Bonchev–Trinajstić information content (AvgIpc) is 4.18. The molecule has 0 fully saturated rings. The molecule has 0 saturated heterocycles. The SMILES string of the molecule is CC1(C)c2ccccc2-c2ccc(-c3ccc(N(c4ccc(-c5ccccc5)cc4)c4cccc5c4sc4ccccc45)c4c3oc3c5ccccc5c(-c5cccc6c5oc5ccccc56)cc34)cc21. The lowest BCUT2D eigenvalue weighted by atomic mass is 9.81. The molecule has 14 aromatic rings. The number of thiophene rings is 1. The van der Waals surface area contributed by atoms with Gasteiger partial charge in [0.15, 0.2) is 0 Å². The standard InChI is InChI=1S/C67H43NO2S/c1-67(2)56-26-11-8-19-46(56)47-35-32-42(38-57(47)67)44-36-37-58(68(43-33-30-41(31-34-43)40-16-4-3-5-17-40)59-27-15-25-53-49-21-10-13-29-61(49)71-66(53)59)62-55-39-54(45-18-6-7-22-50(45)64(55)70-65(44)62)52-24-14-23-51-48-20-9-12-28-60(48)69-63(51)52/h3-39H,1-2H3. The van der Waals surface area contributed by atoms with Crippen molar-refractivity contribution in [3.8, 4) is 44.5 Å². The van der Waals surface area contributed by atoms with Gasteiger partial charge in [-0.25, -0.2) is 0 Å². The van der Waals surface area contributed by atoms with Gasteiger partial charge in [-0.05, 0) is 104 Å². The number of furan rings is 2. The van der Waals surface area contributed by atoms with E-state index in [1.165, 1.54) is 53.6 Å². The van der Waals surface area contributed by atoms with E-state index >= 15 is 0 Å². The van der Waals surface area contributed by atoms with E-state index in [1.54, 1.807) is 0 Å². The molecule has 11 aromatic carbocycles. The number of hydrogen-bond acceptors (Lipinski definition) is 4. The first-order valence-electron chi connectivity index (χ1n) is 24.4. The van der Waals surface area contributed by atoms with Crippen molar-refractivity contribution in [1.82, 2.24) is 0 Å². The molecule has 1 aliphatic rings. The van der Waals surface area contributed by atoms with E-state index in [1.807, 2.05) is 17.4 Å². The van der Waals surface area contributed by atoms with E-state index in [0.29, 0.717) is 0 Å². The lowest BCUT2D eigenvalue weighted by molar-refractivity contribution is 0.660. The Hall–Kier alpha value is -8.70. The van der Waals surface area contributed by atoms with Crippen LogP contribution in [0.5, 0.6) is 0 Å². The Morgan fingerprint density at radius 1 is 0.366 bits per heavy atom. The first-order valence-corrected chi connectivity index (χ1v) is 25.2. The highest BCUT2D eigenvalue weighted by Gasteiger charge is 2.36. The van der Waals surface area contributed by atoms with Crippen LogP contribution in [-0.4, -0.2) is 0 Å². The Balaban J connectivity index is 1.06. The highest BCUT2D eigenvalue weighted by molar-refractivity contribution is 7.26. The summed E-state index contributed by atoms with van der Waals surface area (Å²) in [6.45, 7) is 4.71. The maximum absolute atomic E-state index is 7.54. The molecule has 1 aliphatic carbocycles. The van der Waals surface area contributed by atoms with Crippen LogP contribution in [0.25, 0.3) is 119 Å². The van der Waals surface area contributed by atoms with Crippen molar-refractivity contribution < 1.29 is 8.83 Å². The molecule has 334 valence electrons. The van der Waals surface area contributed by atoms with Crippen LogP contribution in [0, 0.1) is 0 Å². The van der Waals surface area contributed by atoms with Gasteiger partial charge in [-0.3, -0.25) is 0 Å². The number of benzene rings is 11. The number of rotatable bonds is 6. The molecule has 0 saturated carbocycles. The number of nitrogens with zero attached hydrogens (tertiary/aromatic N) is 1. The van der Waals surface area contributed by atoms with Crippen LogP contribution in [0.4, 0.5) is 17.1 Å². The van der Waals surface area contributed by atoms with Gasteiger partial charge >= 0.3 is 0 Å². The van der Waals surface area contributed by atoms with Crippen LogP contribution in [0.1, 0.15) is 25.0 Å². The van der Waals surface area contributed by atoms with Crippen molar-refractivity contribution in [3.63, 3.8) is 0 Å². The minimum Gasteiger partial charge on any atom is -0.455 e. The predicted octanol–water partition coefficient (Wildman–Crippen LogP) is 19.8. The summed E-state index contributed by atoms with van der Waals surface area (Å²) in [5.41, 5.74) is 18.5. The predicted molar refractivity (Wildman–Crippen MR) is 300 cm³/mol. The third-order valence-electron chi connectivity index (χ3n) is 15.3. The zero-order valence-corrected chi connectivity index (χ0v) is 39.9. The summed E-state index contributed by atoms with van der Waals surface area (Å²) in [5.74, 6) is 0. The number of hydrogen-bond donors (Lipinski definition) is 0. The van der Waals surface area contributed by atoms with Crippen molar-refractivity contribution in [2.24, 2.45) is 0 Å². The van der Waals surface area contributed by atoms with Gasteiger partial charge in [-0.1, -0.05) is 184 Å². The van der Waals surface area contributed by atoms with Crippen molar-refractivity contribution in [1.29, 1.82) is 0 Å². The van der Waals surface area contributed by atoms with Crippen LogP contribution in [0.15, 0.2) is 233 Å². The number of fused-ring (bicyclic) bond motifs is 14. The largest absolute Gasteiger partial charge is 0.455 e. The molecule has 0 unspecified atom stereocenters. The van der Waals surface area contributed by atoms with Gasteiger partial charge in [0.2, 0.25) is 0 Å². The summed E-state index contributed by atoms with van der Waals surface area (Å²) in [7, 11) is 0. The second kappa shape index (κ2) is 15.1. The average molecular weight is 926 g/mol. The summed E-state index contributed by atoms with van der Waals surface area (Å²) in [6, 6.07) is 81.8. The maximum atomic E-state index is 7.54. The summed E-state index contributed by atoms with van der Waals surface area (Å²) in [4.78, 5) is 2.48. The van der Waals surface area contributed by atoms with E-state index < -0.39 is 0 Å². The molecule has 3 aromatic heterocycles. The first-order chi connectivity index (χ1) is 35.0. The fourth-order valence-corrected chi connectivity index (χ4v) is 13.1. The molecule has 0 spiro atoms. The van der Waals surface area contributed by atoms with Crippen LogP contribution < -0.4 is 4.90 Å². The maximum Gasteiger partial charge on any atom is 0.145 e. The van der Waals surface area contributed by atoms with Crippen molar-refractivity contribution in [2.75, 3.05) is 4.90 Å². The van der Waals surface area contributed by atoms with Crippen molar-refractivity contribution in [3.05, 3.63) is 236 Å². The second-order valence-electron chi connectivity index (χ2n) is 19.5. The third kappa shape index (κ3) is 5.89. The summed E-state index contributed by atoms with van der Waals surface area (Å²) in [6.07, 6.45) is 0. The van der Waals surface area contributed by atoms with Crippen LogP contribution in [0.3, 0.4) is 0 Å². The van der Waals surface area contributed by atoms with Gasteiger partial charge in [0, 0.05) is 59.2 Å². The third-order valence-corrected chi connectivity index (χ3v) is 16.5. The molecule has 0 atom stereocenters. The molecule has 15 rings (SSSR count). The van der Waals surface area contributed by atoms with Gasteiger partial charge in [-0.2, -0.15) is 0 Å². The molecule has 3 heterocycles. The van der Waals surface area contributed by atoms with Crippen molar-refractivity contribution >= 4 is 103 Å². The van der Waals surface area contributed by atoms with Crippen LogP contribution in [-0.2, 0) is 5.41 Å². The zero-order valence-electron chi connectivity index (χ0n) is 39.0. The van der Waals surface area contributed by atoms with Gasteiger partial charge in [0.25, 0.3) is 0 Å². The van der Waals surface area contributed by atoms with E-state index in [0.717, 1.165) is 94.0 Å². The lowest BCUT2D eigenvalue weighted by Crippen LogP contribution is -2.14. The quantitative estimate of drug-likeness (QED) is 0.166. The van der Waals surface area contributed by atoms with Crippen LogP contribution in [0.2, 0.25) is 0 Å². The Labute approximate surface area is 414 Å².